The molecule has 4 heteroatoms. The minimum atomic E-state index is 0.268. The standard InChI is InChI=1S/C15H30N2O2/c1-12(2)11-17(7-8-19-3)15(18)10-13-5-4-6-14(16)9-13/h12-14H,4-11,16H2,1-3H3. The third-order valence-electron chi connectivity index (χ3n) is 3.79. The first-order chi connectivity index (χ1) is 9.02. The number of hydrogen-bond donors (Lipinski definition) is 1. The fraction of sp³-hybridized carbons (Fsp3) is 0.933. The van der Waals surface area contributed by atoms with Gasteiger partial charge in [-0.25, -0.2) is 0 Å². The third-order valence-corrected chi connectivity index (χ3v) is 3.79. The molecule has 0 aromatic heterocycles. The molecule has 4 nitrogen and oxygen atoms in total. The van der Waals surface area contributed by atoms with E-state index in [9.17, 15) is 4.79 Å². The molecule has 0 saturated heterocycles. The Morgan fingerprint density at radius 1 is 1.42 bits per heavy atom. The van der Waals surface area contributed by atoms with Crippen molar-refractivity contribution in [3.8, 4) is 0 Å². The van der Waals surface area contributed by atoms with Crippen LogP contribution in [0.2, 0.25) is 0 Å². The maximum absolute atomic E-state index is 12.4. The van der Waals surface area contributed by atoms with Crippen LogP contribution in [0.15, 0.2) is 0 Å². The van der Waals surface area contributed by atoms with Gasteiger partial charge >= 0.3 is 0 Å². The molecule has 0 spiro atoms. The molecule has 1 aliphatic rings. The molecule has 0 heterocycles. The summed E-state index contributed by atoms with van der Waals surface area (Å²) in [6.07, 6.45) is 5.10. The molecule has 1 rings (SSSR count). The van der Waals surface area contributed by atoms with Gasteiger partial charge in [0.15, 0.2) is 0 Å². The lowest BCUT2D eigenvalue weighted by Gasteiger charge is -2.30. The highest BCUT2D eigenvalue weighted by Gasteiger charge is 2.24. The van der Waals surface area contributed by atoms with Gasteiger partial charge < -0.3 is 15.4 Å². The number of hydrogen-bond acceptors (Lipinski definition) is 3. The highest BCUT2D eigenvalue weighted by molar-refractivity contribution is 5.76. The lowest BCUT2D eigenvalue weighted by atomic mass is 9.84. The summed E-state index contributed by atoms with van der Waals surface area (Å²) in [6.45, 7) is 6.42. The SMILES string of the molecule is COCCN(CC(C)C)C(=O)CC1CCCC(N)C1. The Bertz CT molecular complexity index is 269. The van der Waals surface area contributed by atoms with E-state index in [-0.39, 0.29) is 5.91 Å². The summed E-state index contributed by atoms with van der Waals surface area (Å²) in [6, 6.07) is 0.295. The molecule has 2 N–H and O–H groups in total. The van der Waals surface area contributed by atoms with Crippen LogP contribution >= 0.6 is 0 Å². The number of carbonyl (C=O) groups excluding carboxylic acids is 1. The first-order valence-corrected chi connectivity index (χ1v) is 7.55. The molecule has 1 saturated carbocycles. The highest BCUT2D eigenvalue weighted by atomic mass is 16.5. The molecular formula is C15H30N2O2. The van der Waals surface area contributed by atoms with Crippen LogP contribution < -0.4 is 5.73 Å². The third kappa shape index (κ3) is 6.39. The number of nitrogens with zero attached hydrogens (tertiary/aromatic N) is 1. The first kappa shape index (κ1) is 16.4. The number of rotatable bonds is 7. The van der Waals surface area contributed by atoms with E-state index in [1.54, 1.807) is 7.11 Å². The average Bonchev–Trinajstić information content (AvgIpc) is 2.34. The zero-order valence-electron chi connectivity index (χ0n) is 12.7. The quantitative estimate of drug-likeness (QED) is 0.770. The summed E-state index contributed by atoms with van der Waals surface area (Å²) in [5.74, 6) is 1.24. The fourth-order valence-electron chi connectivity index (χ4n) is 2.85. The zero-order valence-corrected chi connectivity index (χ0v) is 12.7. The van der Waals surface area contributed by atoms with Gasteiger partial charge in [0.1, 0.15) is 0 Å². The van der Waals surface area contributed by atoms with Crippen molar-refractivity contribution in [3.63, 3.8) is 0 Å². The van der Waals surface area contributed by atoms with Crippen LogP contribution in [0.3, 0.4) is 0 Å². The van der Waals surface area contributed by atoms with Crippen LogP contribution in [0.5, 0.6) is 0 Å². The fourth-order valence-corrected chi connectivity index (χ4v) is 2.85. The number of carbonyl (C=O) groups is 1. The summed E-state index contributed by atoms with van der Waals surface area (Å²) in [4.78, 5) is 14.3. The van der Waals surface area contributed by atoms with Crippen LogP contribution in [0.1, 0.15) is 46.0 Å². The smallest absolute Gasteiger partial charge is 0.222 e. The Morgan fingerprint density at radius 3 is 2.74 bits per heavy atom. The molecule has 0 radical (unpaired) electrons. The number of nitrogens with two attached hydrogens (primary N) is 1. The van der Waals surface area contributed by atoms with E-state index in [4.69, 9.17) is 10.5 Å². The number of ether oxygens (including phenoxy) is 1. The Balaban J connectivity index is 2.45. The summed E-state index contributed by atoms with van der Waals surface area (Å²) in [5, 5.41) is 0. The molecule has 1 aliphatic carbocycles. The van der Waals surface area contributed by atoms with E-state index in [0.717, 1.165) is 25.8 Å². The van der Waals surface area contributed by atoms with Crippen molar-refractivity contribution < 1.29 is 9.53 Å². The molecule has 1 fully saturated rings. The number of amides is 1. The average molecular weight is 270 g/mol. The molecule has 0 aliphatic heterocycles. The minimum Gasteiger partial charge on any atom is -0.383 e. The van der Waals surface area contributed by atoms with Crippen LogP contribution in [-0.2, 0) is 9.53 Å². The van der Waals surface area contributed by atoms with Crippen molar-refractivity contribution in [1.82, 2.24) is 4.90 Å². The Kier molecular flexibility index (Phi) is 7.39. The normalized spacial score (nSPS) is 23.6. The largest absolute Gasteiger partial charge is 0.383 e. The van der Waals surface area contributed by atoms with Gasteiger partial charge in [-0.3, -0.25) is 4.79 Å². The van der Waals surface area contributed by atoms with E-state index in [2.05, 4.69) is 13.8 Å². The maximum atomic E-state index is 12.4. The van der Waals surface area contributed by atoms with Crippen molar-refractivity contribution in [3.05, 3.63) is 0 Å². The zero-order chi connectivity index (χ0) is 14.3. The van der Waals surface area contributed by atoms with Crippen molar-refractivity contribution in [2.45, 2.75) is 52.0 Å². The molecule has 0 bridgehead atoms. The monoisotopic (exact) mass is 270 g/mol. The molecular weight excluding hydrogens is 240 g/mol. The Hall–Kier alpha value is -0.610. The van der Waals surface area contributed by atoms with E-state index in [0.29, 0.717) is 37.5 Å². The summed E-state index contributed by atoms with van der Waals surface area (Å²) in [7, 11) is 1.68. The van der Waals surface area contributed by atoms with Crippen LogP contribution in [-0.4, -0.2) is 43.7 Å². The van der Waals surface area contributed by atoms with Crippen molar-refractivity contribution >= 4 is 5.91 Å². The first-order valence-electron chi connectivity index (χ1n) is 7.55. The Labute approximate surface area is 117 Å². The second kappa shape index (κ2) is 8.54. The molecule has 19 heavy (non-hydrogen) atoms. The predicted molar refractivity (Wildman–Crippen MR) is 77.8 cm³/mol. The topological polar surface area (TPSA) is 55.6 Å². The lowest BCUT2D eigenvalue weighted by Crippen LogP contribution is -2.39. The molecule has 1 amide bonds. The van der Waals surface area contributed by atoms with Gasteiger partial charge in [0.25, 0.3) is 0 Å². The molecule has 112 valence electrons. The van der Waals surface area contributed by atoms with Gasteiger partial charge in [-0.05, 0) is 31.1 Å². The molecule has 2 atom stereocenters. The minimum absolute atomic E-state index is 0.268. The Morgan fingerprint density at radius 2 is 2.16 bits per heavy atom. The summed E-state index contributed by atoms with van der Waals surface area (Å²) in [5.41, 5.74) is 5.99. The van der Waals surface area contributed by atoms with E-state index in [1.165, 1.54) is 6.42 Å². The summed E-state index contributed by atoms with van der Waals surface area (Å²) >= 11 is 0. The van der Waals surface area contributed by atoms with Crippen molar-refractivity contribution in [1.29, 1.82) is 0 Å². The van der Waals surface area contributed by atoms with Crippen LogP contribution in [0.25, 0.3) is 0 Å². The van der Waals surface area contributed by atoms with Gasteiger partial charge in [0.2, 0.25) is 5.91 Å². The van der Waals surface area contributed by atoms with Gasteiger partial charge in [0.05, 0.1) is 6.61 Å². The van der Waals surface area contributed by atoms with Crippen LogP contribution in [0, 0.1) is 11.8 Å². The number of methoxy groups -OCH3 is 1. The van der Waals surface area contributed by atoms with E-state index >= 15 is 0 Å². The van der Waals surface area contributed by atoms with Gasteiger partial charge in [-0.2, -0.15) is 0 Å². The highest BCUT2D eigenvalue weighted by Crippen LogP contribution is 2.26. The van der Waals surface area contributed by atoms with Gasteiger partial charge in [0, 0.05) is 32.7 Å². The molecule has 0 aromatic carbocycles. The predicted octanol–water partition coefficient (Wildman–Crippen LogP) is 2.02. The second-order valence-electron chi connectivity index (χ2n) is 6.22. The lowest BCUT2D eigenvalue weighted by molar-refractivity contribution is -0.133. The molecule has 2 unspecified atom stereocenters. The van der Waals surface area contributed by atoms with Gasteiger partial charge in [-0.15, -0.1) is 0 Å². The molecule has 0 aromatic rings. The summed E-state index contributed by atoms with van der Waals surface area (Å²) < 4.78 is 5.10. The van der Waals surface area contributed by atoms with Gasteiger partial charge in [-0.1, -0.05) is 20.3 Å². The van der Waals surface area contributed by atoms with Crippen molar-refractivity contribution in [2.24, 2.45) is 17.6 Å². The van der Waals surface area contributed by atoms with E-state index in [1.807, 2.05) is 4.90 Å². The maximum Gasteiger partial charge on any atom is 0.222 e. The van der Waals surface area contributed by atoms with Crippen molar-refractivity contribution in [2.75, 3.05) is 26.8 Å². The second-order valence-corrected chi connectivity index (χ2v) is 6.22. The van der Waals surface area contributed by atoms with E-state index < -0.39 is 0 Å². The van der Waals surface area contributed by atoms with Crippen LogP contribution in [0.4, 0.5) is 0 Å².